The topological polar surface area (TPSA) is 57.5 Å². The van der Waals surface area contributed by atoms with Crippen LogP contribution in [0.15, 0.2) is 11.1 Å². The molecule has 0 aromatic carbocycles. The maximum absolute atomic E-state index is 12.2. The number of aliphatic hydroxyl groups is 1. The summed E-state index contributed by atoms with van der Waals surface area (Å²) < 4.78 is 36.7. The summed E-state index contributed by atoms with van der Waals surface area (Å²) in [5.41, 5.74) is -1.66. The predicted octanol–water partition coefficient (Wildman–Crippen LogP) is 1.72. The molecule has 6 heteroatoms. The Hall–Kier alpha value is -1.04. The SMILES string of the molecule is CC1(C)CC(C(=O)O)=C1C(O)C(F)(F)F. The number of alkyl halides is 3. The van der Waals surface area contributed by atoms with Gasteiger partial charge < -0.3 is 10.2 Å². The predicted molar refractivity (Wildman–Crippen MR) is 45.1 cm³/mol. The lowest BCUT2D eigenvalue weighted by atomic mass is 9.64. The van der Waals surface area contributed by atoms with E-state index in [2.05, 4.69) is 0 Å². The van der Waals surface area contributed by atoms with Crippen molar-refractivity contribution in [3.8, 4) is 0 Å². The molecule has 0 spiro atoms. The third-order valence-corrected chi connectivity index (χ3v) is 2.51. The van der Waals surface area contributed by atoms with Gasteiger partial charge in [0.2, 0.25) is 0 Å². The average Bonchev–Trinajstić information content (AvgIpc) is 1.98. The first-order valence-corrected chi connectivity index (χ1v) is 4.29. The van der Waals surface area contributed by atoms with E-state index >= 15 is 0 Å². The second-order valence-electron chi connectivity index (χ2n) is 4.20. The number of hydrogen-bond donors (Lipinski definition) is 2. The molecule has 0 aliphatic heterocycles. The number of carbonyl (C=O) groups is 1. The van der Waals surface area contributed by atoms with Crippen LogP contribution in [0.1, 0.15) is 20.3 Å². The fourth-order valence-electron chi connectivity index (χ4n) is 1.82. The Bertz CT molecular complexity index is 328. The standard InChI is InChI=1S/C9H11F3O3/c1-8(2)3-4(7(14)15)5(8)6(13)9(10,11)12/h6,13H,3H2,1-2H3,(H,14,15). The number of aliphatic carboxylic acids is 1. The number of halogens is 3. The van der Waals surface area contributed by atoms with Crippen LogP contribution >= 0.6 is 0 Å². The molecule has 1 aliphatic carbocycles. The minimum absolute atomic E-state index is 0.0464. The van der Waals surface area contributed by atoms with Crippen molar-refractivity contribution in [3.63, 3.8) is 0 Å². The molecule has 86 valence electrons. The van der Waals surface area contributed by atoms with Gasteiger partial charge >= 0.3 is 12.1 Å². The first kappa shape index (κ1) is 12.0. The van der Waals surface area contributed by atoms with Crippen molar-refractivity contribution >= 4 is 5.97 Å². The maximum Gasteiger partial charge on any atom is 0.418 e. The summed E-state index contributed by atoms with van der Waals surface area (Å²) in [6, 6.07) is 0. The third-order valence-electron chi connectivity index (χ3n) is 2.51. The van der Waals surface area contributed by atoms with Gasteiger partial charge in [-0.05, 0) is 17.4 Å². The van der Waals surface area contributed by atoms with Crippen LogP contribution in [0.5, 0.6) is 0 Å². The molecule has 0 bridgehead atoms. The fraction of sp³-hybridized carbons (Fsp3) is 0.667. The van der Waals surface area contributed by atoms with Crippen molar-refractivity contribution in [3.05, 3.63) is 11.1 Å². The summed E-state index contributed by atoms with van der Waals surface area (Å²) in [7, 11) is 0. The highest BCUT2D eigenvalue weighted by Crippen LogP contribution is 2.50. The summed E-state index contributed by atoms with van der Waals surface area (Å²) in [5, 5.41) is 17.6. The molecule has 0 aromatic rings. The molecule has 0 saturated carbocycles. The van der Waals surface area contributed by atoms with Crippen molar-refractivity contribution in [2.75, 3.05) is 0 Å². The normalized spacial score (nSPS) is 22.3. The van der Waals surface area contributed by atoms with Gasteiger partial charge in [0.15, 0.2) is 6.10 Å². The van der Waals surface area contributed by atoms with Crippen LogP contribution in [0.25, 0.3) is 0 Å². The fourth-order valence-corrected chi connectivity index (χ4v) is 1.82. The zero-order chi connectivity index (χ0) is 12.0. The number of hydrogen-bond acceptors (Lipinski definition) is 2. The van der Waals surface area contributed by atoms with Gasteiger partial charge in [-0.2, -0.15) is 13.2 Å². The zero-order valence-corrected chi connectivity index (χ0v) is 8.22. The van der Waals surface area contributed by atoms with Crippen LogP contribution in [0, 0.1) is 5.41 Å². The molecular formula is C9H11F3O3. The van der Waals surface area contributed by atoms with E-state index in [9.17, 15) is 18.0 Å². The van der Waals surface area contributed by atoms with Gasteiger partial charge in [0, 0.05) is 5.57 Å². The van der Waals surface area contributed by atoms with Gasteiger partial charge in [-0.1, -0.05) is 13.8 Å². The van der Waals surface area contributed by atoms with E-state index in [4.69, 9.17) is 10.2 Å². The molecule has 1 atom stereocenters. The van der Waals surface area contributed by atoms with Crippen molar-refractivity contribution in [2.45, 2.75) is 32.5 Å². The third kappa shape index (κ3) is 1.99. The molecule has 2 N–H and O–H groups in total. The molecule has 3 nitrogen and oxygen atoms in total. The molecule has 0 fully saturated rings. The molecule has 1 rings (SSSR count). The summed E-state index contributed by atoms with van der Waals surface area (Å²) in [6.07, 6.45) is -7.44. The average molecular weight is 224 g/mol. The largest absolute Gasteiger partial charge is 0.478 e. The quantitative estimate of drug-likeness (QED) is 0.750. The molecule has 0 heterocycles. The molecular weight excluding hydrogens is 213 g/mol. The lowest BCUT2D eigenvalue weighted by molar-refractivity contribution is -0.197. The Morgan fingerprint density at radius 2 is 1.93 bits per heavy atom. The van der Waals surface area contributed by atoms with E-state index in [0.717, 1.165) is 0 Å². The minimum atomic E-state index is -4.81. The van der Waals surface area contributed by atoms with E-state index in [1.54, 1.807) is 0 Å². The van der Waals surface area contributed by atoms with Crippen LogP contribution in [0.2, 0.25) is 0 Å². The van der Waals surface area contributed by atoms with Crippen molar-refractivity contribution in [1.29, 1.82) is 0 Å². The van der Waals surface area contributed by atoms with Crippen molar-refractivity contribution < 1.29 is 28.2 Å². The Morgan fingerprint density at radius 3 is 2.20 bits per heavy atom. The highest BCUT2D eigenvalue weighted by Gasteiger charge is 2.52. The van der Waals surface area contributed by atoms with E-state index in [0.29, 0.717) is 0 Å². The molecule has 0 saturated heterocycles. The molecule has 0 amide bonds. The van der Waals surface area contributed by atoms with Crippen LogP contribution in [-0.4, -0.2) is 28.5 Å². The maximum atomic E-state index is 12.2. The molecule has 1 aliphatic rings. The zero-order valence-electron chi connectivity index (χ0n) is 8.22. The minimum Gasteiger partial charge on any atom is -0.478 e. The summed E-state index contributed by atoms with van der Waals surface area (Å²) >= 11 is 0. The first-order valence-electron chi connectivity index (χ1n) is 4.29. The molecule has 0 radical (unpaired) electrons. The Morgan fingerprint density at radius 1 is 1.47 bits per heavy atom. The van der Waals surface area contributed by atoms with Gasteiger partial charge in [-0.25, -0.2) is 4.79 Å². The van der Waals surface area contributed by atoms with Crippen LogP contribution in [0.3, 0.4) is 0 Å². The lowest BCUT2D eigenvalue weighted by Gasteiger charge is -2.41. The van der Waals surface area contributed by atoms with Gasteiger partial charge in [-0.15, -0.1) is 0 Å². The van der Waals surface area contributed by atoms with E-state index in [1.165, 1.54) is 13.8 Å². The summed E-state index contributed by atoms with van der Waals surface area (Å²) in [5.74, 6) is -1.40. The highest BCUT2D eigenvalue weighted by molar-refractivity contribution is 5.90. The van der Waals surface area contributed by atoms with E-state index in [1.807, 2.05) is 0 Å². The van der Waals surface area contributed by atoms with E-state index < -0.39 is 29.2 Å². The number of aliphatic hydroxyl groups excluding tert-OH is 1. The Balaban J connectivity index is 3.10. The molecule has 0 aromatic heterocycles. The summed E-state index contributed by atoms with van der Waals surface area (Å²) in [4.78, 5) is 10.6. The smallest absolute Gasteiger partial charge is 0.418 e. The summed E-state index contributed by atoms with van der Waals surface area (Å²) in [6.45, 7) is 2.95. The van der Waals surface area contributed by atoms with Gasteiger partial charge in [0.1, 0.15) is 0 Å². The van der Waals surface area contributed by atoms with Crippen molar-refractivity contribution in [2.24, 2.45) is 5.41 Å². The van der Waals surface area contributed by atoms with Crippen LogP contribution in [0.4, 0.5) is 13.2 Å². The molecule has 15 heavy (non-hydrogen) atoms. The van der Waals surface area contributed by atoms with Crippen LogP contribution < -0.4 is 0 Å². The van der Waals surface area contributed by atoms with Gasteiger partial charge in [0.05, 0.1) is 0 Å². The lowest BCUT2D eigenvalue weighted by Crippen LogP contribution is -2.44. The number of rotatable bonds is 2. The Labute approximate surface area is 84.2 Å². The second kappa shape index (κ2) is 3.23. The number of carboxylic acids is 1. The van der Waals surface area contributed by atoms with E-state index in [-0.39, 0.29) is 12.0 Å². The van der Waals surface area contributed by atoms with Crippen molar-refractivity contribution in [1.82, 2.24) is 0 Å². The Kier molecular flexibility index (Phi) is 2.59. The molecule has 1 unspecified atom stereocenters. The second-order valence-corrected chi connectivity index (χ2v) is 4.20. The highest BCUT2D eigenvalue weighted by atomic mass is 19.4. The first-order chi connectivity index (χ1) is 6.57. The van der Waals surface area contributed by atoms with Crippen LogP contribution in [-0.2, 0) is 4.79 Å². The van der Waals surface area contributed by atoms with Gasteiger partial charge in [-0.3, -0.25) is 0 Å². The number of carboxylic acid groups (broad SMARTS) is 1. The monoisotopic (exact) mass is 224 g/mol. The van der Waals surface area contributed by atoms with Gasteiger partial charge in [0.25, 0.3) is 0 Å².